The van der Waals surface area contributed by atoms with Gasteiger partial charge in [-0.05, 0) is 43.2 Å². The van der Waals surface area contributed by atoms with Crippen molar-refractivity contribution in [3.8, 4) is 11.6 Å². The number of carbonyl (C=O) groups is 2. The Labute approximate surface area is 160 Å². The van der Waals surface area contributed by atoms with Crippen LogP contribution < -0.4 is 10.1 Å². The van der Waals surface area contributed by atoms with Gasteiger partial charge in [-0.1, -0.05) is 28.8 Å². The lowest BCUT2D eigenvalue weighted by Gasteiger charge is -2.27. The van der Waals surface area contributed by atoms with Crippen LogP contribution in [0.3, 0.4) is 0 Å². The molecule has 1 N–H and O–H groups in total. The van der Waals surface area contributed by atoms with E-state index in [1.54, 1.807) is 12.1 Å². The van der Waals surface area contributed by atoms with Crippen LogP contribution in [0.4, 0.5) is 0 Å². The molecule has 1 amide bonds. The third-order valence-electron chi connectivity index (χ3n) is 4.42. The van der Waals surface area contributed by atoms with Crippen molar-refractivity contribution in [1.82, 2.24) is 10.3 Å². The number of benzene rings is 1. The summed E-state index contributed by atoms with van der Waals surface area (Å²) in [7, 11) is 1.34. The molecule has 1 aromatic carbocycles. The fourth-order valence-corrected chi connectivity index (χ4v) is 3.31. The second-order valence-corrected chi connectivity index (χ2v) is 7.09. The highest BCUT2D eigenvalue weighted by molar-refractivity contribution is 9.10. The first-order valence-corrected chi connectivity index (χ1v) is 9.12. The number of halogens is 1. The molecule has 3 rings (SSSR count). The molecule has 26 heavy (non-hydrogen) atoms. The first-order valence-electron chi connectivity index (χ1n) is 8.33. The van der Waals surface area contributed by atoms with E-state index >= 15 is 0 Å². The minimum Gasteiger partial charge on any atom is -0.467 e. The number of nitrogens with one attached hydrogen (secondary N) is 1. The Hall–Kier alpha value is -2.41. The molecule has 1 fully saturated rings. The number of pyridine rings is 1. The minimum atomic E-state index is -0.932. The lowest BCUT2D eigenvalue weighted by Crippen LogP contribution is -2.53. The van der Waals surface area contributed by atoms with Crippen molar-refractivity contribution < 1.29 is 19.1 Å². The number of esters is 1. The molecule has 0 unspecified atom stereocenters. The predicted octanol–water partition coefficient (Wildman–Crippen LogP) is 3.85. The molecule has 0 atom stereocenters. The van der Waals surface area contributed by atoms with Gasteiger partial charge < -0.3 is 14.8 Å². The zero-order chi connectivity index (χ0) is 18.6. The first kappa shape index (κ1) is 18.4. The molecule has 0 bridgehead atoms. The summed E-state index contributed by atoms with van der Waals surface area (Å²) in [6.45, 7) is 0. The van der Waals surface area contributed by atoms with E-state index in [1.165, 1.54) is 13.3 Å². The van der Waals surface area contributed by atoms with E-state index in [2.05, 4.69) is 26.2 Å². The lowest BCUT2D eigenvalue weighted by atomic mass is 9.97. The summed E-state index contributed by atoms with van der Waals surface area (Å²) in [4.78, 5) is 28.8. The molecule has 0 radical (unpaired) electrons. The zero-order valence-corrected chi connectivity index (χ0v) is 15.9. The number of amides is 1. The molecule has 136 valence electrons. The second kappa shape index (κ2) is 7.86. The Morgan fingerprint density at radius 2 is 1.81 bits per heavy atom. The monoisotopic (exact) mass is 418 g/mol. The van der Waals surface area contributed by atoms with E-state index in [1.807, 2.05) is 24.3 Å². The van der Waals surface area contributed by atoms with Gasteiger partial charge in [-0.15, -0.1) is 0 Å². The van der Waals surface area contributed by atoms with Crippen LogP contribution in [0.25, 0.3) is 0 Å². The number of aromatic nitrogens is 1. The summed E-state index contributed by atoms with van der Waals surface area (Å²) in [5, 5.41) is 2.84. The molecule has 1 aliphatic carbocycles. The quantitative estimate of drug-likeness (QED) is 0.745. The zero-order valence-electron chi connectivity index (χ0n) is 14.3. The van der Waals surface area contributed by atoms with Crippen molar-refractivity contribution in [2.75, 3.05) is 7.11 Å². The number of ether oxygens (including phenoxy) is 2. The van der Waals surface area contributed by atoms with Crippen LogP contribution in [0.2, 0.25) is 0 Å². The Morgan fingerprint density at radius 1 is 1.12 bits per heavy atom. The van der Waals surface area contributed by atoms with Crippen LogP contribution in [0.1, 0.15) is 36.0 Å². The lowest BCUT2D eigenvalue weighted by molar-refractivity contribution is -0.148. The standard InChI is InChI=1S/C19H19BrN2O4/c1-25-18(24)19(10-2-3-11-19)22-17(23)13-4-9-16(21-12-13)26-15-7-5-14(20)6-8-15/h4-9,12H,2-3,10-11H2,1H3,(H,22,23). The summed E-state index contributed by atoms with van der Waals surface area (Å²) >= 11 is 3.36. The van der Waals surface area contributed by atoms with Crippen molar-refractivity contribution in [1.29, 1.82) is 0 Å². The molecule has 0 spiro atoms. The van der Waals surface area contributed by atoms with Gasteiger partial charge in [-0.2, -0.15) is 0 Å². The van der Waals surface area contributed by atoms with Crippen LogP contribution in [-0.2, 0) is 9.53 Å². The maximum Gasteiger partial charge on any atom is 0.331 e. The molecule has 6 nitrogen and oxygen atoms in total. The van der Waals surface area contributed by atoms with E-state index in [0.717, 1.165) is 17.3 Å². The average molecular weight is 419 g/mol. The Balaban J connectivity index is 1.68. The number of hydrogen-bond donors (Lipinski definition) is 1. The van der Waals surface area contributed by atoms with Gasteiger partial charge in [0.25, 0.3) is 5.91 Å². The normalized spacial score (nSPS) is 15.3. The molecule has 1 aliphatic rings. The fourth-order valence-electron chi connectivity index (χ4n) is 3.04. The van der Waals surface area contributed by atoms with Gasteiger partial charge in [0.15, 0.2) is 0 Å². The number of nitrogens with zero attached hydrogens (tertiary/aromatic N) is 1. The maximum absolute atomic E-state index is 12.5. The maximum atomic E-state index is 12.5. The van der Waals surface area contributed by atoms with Crippen molar-refractivity contribution >= 4 is 27.8 Å². The summed E-state index contributed by atoms with van der Waals surface area (Å²) in [5.41, 5.74) is -0.568. The molecular weight excluding hydrogens is 400 g/mol. The van der Waals surface area contributed by atoms with E-state index in [4.69, 9.17) is 9.47 Å². The van der Waals surface area contributed by atoms with Crippen molar-refractivity contribution in [3.63, 3.8) is 0 Å². The van der Waals surface area contributed by atoms with Gasteiger partial charge >= 0.3 is 5.97 Å². The largest absolute Gasteiger partial charge is 0.467 e. The molecule has 1 saturated carbocycles. The third-order valence-corrected chi connectivity index (χ3v) is 4.95. The van der Waals surface area contributed by atoms with E-state index in [0.29, 0.717) is 30.0 Å². The van der Waals surface area contributed by atoms with Gasteiger partial charge in [0, 0.05) is 16.7 Å². The smallest absolute Gasteiger partial charge is 0.331 e. The number of methoxy groups -OCH3 is 1. The molecule has 0 aliphatic heterocycles. The Morgan fingerprint density at radius 3 is 2.38 bits per heavy atom. The van der Waals surface area contributed by atoms with Crippen LogP contribution in [0.15, 0.2) is 47.1 Å². The van der Waals surface area contributed by atoms with Crippen LogP contribution in [0, 0.1) is 0 Å². The van der Waals surface area contributed by atoms with Gasteiger partial charge in [-0.3, -0.25) is 4.79 Å². The second-order valence-electron chi connectivity index (χ2n) is 6.18. The van der Waals surface area contributed by atoms with Gasteiger partial charge in [0.05, 0.1) is 12.7 Å². The van der Waals surface area contributed by atoms with Gasteiger partial charge in [0.2, 0.25) is 5.88 Å². The van der Waals surface area contributed by atoms with Crippen LogP contribution in [-0.4, -0.2) is 29.5 Å². The fraction of sp³-hybridized carbons (Fsp3) is 0.316. The van der Waals surface area contributed by atoms with Crippen molar-refractivity contribution in [2.24, 2.45) is 0 Å². The van der Waals surface area contributed by atoms with Crippen LogP contribution in [0.5, 0.6) is 11.6 Å². The summed E-state index contributed by atoms with van der Waals surface area (Å²) in [5.74, 6) is 0.285. The van der Waals surface area contributed by atoms with Crippen molar-refractivity contribution in [3.05, 3.63) is 52.6 Å². The Kier molecular flexibility index (Phi) is 5.56. The highest BCUT2D eigenvalue weighted by Gasteiger charge is 2.43. The summed E-state index contributed by atoms with van der Waals surface area (Å²) < 4.78 is 11.5. The summed E-state index contributed by atoms with van der Waals surface area (Å²) in [6, 6.07) is 10.6. The molecule has 1 heterocycles. The van der Waals surface area contributed by atoms with Crippen molar-refractivity contribution in [2.45, 2.75) is 31.2 Å². The minimum absolute atomic E-state index is 0.347. The predicted molar refractivity (Wildman–Crippen MR) is 99.1 cm³/mol. The third kappa shape index (κ3) is 4.04. The molecule has 0 saturated heterocycles. The molecule has 7 heteroatoms. The van der Waals surface area contributed by atoms with E-state index < -0.39 is 11.5 Å². The highest BCUT2D eigenvalue weighted by atomic mass is 79.9. The molecular formula is C19H19BrN2O4. The SMILES string of the molecule is COC(=O)C1(NC(=O)c2ccc(Oc3ccc(Br)cc3)nc2)CCCC1. The molecule has 2 aromatic rings. The number of rotatable bonds is 5. The van der Waals surface area contributed by atoms with E-state index in [9.17, 15) is 9.59 Å². The first-order chi connectivity index (χ1) is 12.5. The van der Waals surface area contributed by atoms with Gasteiger partial charge in [0.1, 0.15) is 11.3 Å². The Bertz CT molecular complexity index is 784. The average Bonchev–Trinajstić information content (AvgIpc) is 3.13. The summed E-state index contributed by atoms with van der Waals surface area (Å²) in [6.07, 6.45) is 4.37. The highest BCUT2D eigenvalue weighted by Crippen LogP contribution is 2.31. The number of hydrogen-bond acceptors (Lipinski definition) is 5. The molecule has 1 aromatic heterocycles. The topological polar surface area (TPSA) is 77.5 Å². The van der Waals surface area contributed by atoms with E-state index in [-0.39, 0.29) is 5.91 Å². The van der Waals surface area contributed by atoms with Gasteiger partial charge in [-0.25, -0.2) is 9.78 Å². The van der Waals surface area contributed by atoms with Crippen LogP contribution >= 0.6 is 15.9 Å². The number of carbonyl (C=O) groups excluding carboxylic acids is 2.